The minimum atomic E-state index is -0.907. The van der Waals surface area contributed by atoms with Crippen LogP contribution in [0.3, 0.4) is 0 Å². The summed E-state index contributed by atoms with van der Waals surface area (Å²) in [4.78, 5) is 47.0. The van der Waals surface area contributed by atoms with Gasteiger partial charge < -0.3 is 14.8 Å². The lowest BCUT2D eigenvalue weighted by molar-refractivity contribution is -0.153. The van der Waals surface area contributed by atoms with E-state index in [9.17, 15) is 19.2 Å². The van der Waals surface area contributed by atoms with Gasteiger partial charge in [-0.15, -0.1) is 0 Å². The molecule has 0 atom stereocenters. The molecule has 0 aromatic heterocycles. The number of imide groups is 1. The van der Waals surface area contributed by atoms with E-state index in [1.54, 1.807) is 0 Å². The van der Waals surface area contributed by atoms with Crippen molar-refractivity contribution in [3.05, 3.63) is 0 Å². The van der Waals surface area contributed by atoms with Crippen molar-refractivity contribution in [1.82, 2.24) is 15.8 Å². The highest BCUT2D eigenvalue weighted by atomic mass is 16.6. The summed E-state index contributed by atoms with van der Waals surface area (Å²) in [5.41, 5.74) is 1.25. The second-order valence-corrected chi connectivity index (χ2v) is 5.34. The Kier molecular flexibility index (Phi) is 4.96. The maximum Gasteiger partial charge on any atom is 0.344 e. The van der Waals surface area contributed by atoms with E-state index in [-0.39, 0.29) is 6.61 Å². The van der Waals surface area contributed by atoms with Crippen LogP contribution in [0.2, 0.25) is 0 Å². The van der Waals surface area contributed by atoms with Crippen molar-refractivity contribution in [2.75, 3.05) is 20.3 Å². The Morgan fingerprint density at radius 2 is 1.91 bits per heavy atom. The molecule has 0 unspecified atom stereocenters. The zero-order valence-electron chi connectivity index (χ0n) is 12.3. The van der Waals surface area contributed by atoms with E-state index in [0.717, 1.165) is 19.3 Å². The van der Waals surface area contributed by atoms with Crippen LogP contribution >= 0.6 is 0 Å². The third kappa shape index (κ3) is 3.35. The van der Waals surface area contributed by atoms with E-state index in [2.05, 4.69) is 20.2 Å². The Hall–Kier alpha value is -2.16. The molecule has 1 aliphatic heterocycles. The second kappa shape index (κ2) is 6.73. The fourth-order valence-electron chi connectivity index (χ4n) is 2.68. The average Bonchev–Trinajstić information content (AvgIpc) is 2.71. The molecule has 2 rings (SSSR count). The summed E-state index contributed by atoms with van der Waals surface area (Å²) in [5.74, 6) is -1.94. The van der Waals surface area contributed by atoms with E-state index >= 15 is 0 Å². The average molecular weight is 313 g/mol. The van der Waals surface area contributed by atoms with E-state index in [1.165, 1.54) is 7.11 Å². The third-order valence-corrected chi connectivity index (χ3v) is 3.73. The molecular weight excluding hydrogens is 294 g/mol. The lowest BCUT2D eigenvalue weighted by Gasteiger charge is -2.30. The maximum atomic E-state index is 12.4. The van der Waals surface area contributed by atoms with Gasteiger partial charge in [0.1, 0.15) is 12.1 Å². The number of hydrogen-bond acceptors (Lipinski definition) is 6. The van der Waals surface area contributed by atoms with Gasteiger partial charge in [0.25, 0.3) is 11.8 Å². The van der Waals surface area contributed by atoms with Gasteiger partial charge in [-0.1, -0.05) is 19.3 Å². The quantitative estimate of drug-likeness (QED) is 0.520. The smallest absolute Gasteiger partial charge is 0.344 e. The van der Waals surface area contributed by atoms with E-state index in [4.69, 9.17) is 0 Å². The zero-order valence-corrected chi connectivity index (χ0v) is 12.3. The number of carbonyl (C=O) groups is 4. The summed E-state index contributed by atoms with van der Waals surface area (Å²) in [6.45, 7) is -0.869. The summed E-state index contributed by atoms with van der Waals surface area (Å²) in [7, 11) is 1.32. The number of rotatable bonds is 5. The molecule has 4 amide bonds. The van der Waals surface area contributed by atoms with Gasteiger partial charge in [0.15, 0.2) is 6.61 Å². The first-order valence-corrected chi connectivity index (χ1v) is 7.09. The van der Waals surface area contributed by atoms with Crippen molar-refractivity contribution in [1.29, 1.82) is 0 Å². The Balaban J connectivity index is 1.89. The topological polar surface area (TPSA) is 114 Å². The molecule has 9 nitrogen and oxygen atoms in total. The highest BCUT2D eigenvalue weighted by molar-refractivity contribution is 6.08. The lowest BCUT2D eigenvalue weighted by atomic mass is 9.82. The Morgan fingerprint density at radius 3 is 2.55 bits per heavy atom. The van der Waals surface area contributed by atoms with Gasteiger partial charge in [-0.05, 0) is 12.8 Å². The van der Waals surface area contributed by atoms with E-state index < -0.39 is 36.0 Å². The maximum absolute atomic E-state index is 12.4. The molecule has 122 valence electrons. The lowest BCUT2D eigenvalue weighted by Crippen LogP contribution is -2.51. The van der Waals surface area contributed by atoms with Gasteiger partial charge in [0.2, 0.25) is 0 Å². The van der Waals surface area contributed by atoms with Gasteiger partial charge in [-0.25, -0.2) is 9.59 Å². The Bertz CT molecular complexity index is 486. The van der Waals surface area contributed by atoms with Gasteiger partial charge in [-0.2, -0.15) is 5.01 Å². The Labute approximate surface area is 127 Å². The molecule has 1 heterocycles. The molecule has 0 radical (unpaired) electrons. The molecule has 0 aromatic carbocycles. The molecule has 2 aliphatic rings. The molecule has 0 bridgehead atoms. The first-order valence-electron chi connectivity index (χ1n) is 7.09. The van der Waals surface area contributed by atoms with Gasteiger partial charge in [0, 0.05) is 7.11 Å². The minimum absolute atomic E-state index is 0.278. The monoisotopic (exact) mass is 313 g/mol. The molecule has 1 aliphatic carbocycles. The number of urea groups is 1. The van der Waals surface area contributed by atoms with E-state index in [0.29, 0.717) is 17.9 Å². The van der Waals surface area contributed by atoms with Gasteiger partial charge >= 0.3 is 12.0 Å². The molecule has 0 aromatic rings. The molecular formula is C13H19N3O6. The van der Waals surface area contributed by atoms with Crippen LogP contribution in [0.25, 0.3) is 0 Å². The highest BCUT2D eigenvalue weighted by Gasteiger charge is 2.52. The summed E-state index contributed by atoms with van der Waals surface area (Å²) in [6.07, 6.45) is 3.84. The van der Waals surface area contributed by atoms with Crippen LogP contribution in [0.15, 0.2) is 0 Å². The van der Waals surface area contributed by atoms with Crippen LogP contribution in [0, 0.1) is 0 Å². The van der Waals surface area contributed by atoms with Crippen LogP contribution in [-0.2, 0) is 23.9 Å². The van der Waals surface area contributed by atoms with Crippen molar-refractivity contribution in [3.8, 4) is 0 Å². The standard InChI is InChI=1S/C13H19N3O6/c1-21-8-10(18)22-7-9(17)15-16-11(19)13(14-12(16)20)5-3-2-4-6-13/h2-8H2,1H3,(H,14,20)(H,15,17). The second-order valence-electron chi connectivity index (χ2n) is 5.34. The molecule has 2 N–H and O–H groups in total. The van der Waals surface area contributed by atoms with Crippen LogP contribution in [0.4, 0.5) is 4.79 Å². The number of nitrogens with one attached hydrogen (secondary N) is 2. The normalized spacial score (nSPS) is 20.0. The van der Waals surface area contributed by atoms with E-state index in [1.807, 2.05) is 0 Å². The van der Waals surface area contributed by atoms with Crippen LogP contribution in [-0.4, -0.2) is 54.7 Å². The largest absolute Gasteiger partial charge is 0.454 e. The van der Waals surface area contributed by atoms with Crippen LogP contribution < -0.4 is 10.7 Å². The Morgan fingerprint density at radius 1 is 1.23 bits per heavy atom. The highest BCUT2D eigenvalue weighted by Crippen LogP contribution is 2.32. The fourth-order valence-corrected chi connectivity index (χ4v) is 2.68. The zero-order chi connectivity index (χ0) is 16.2. The molecule has 1 saturated carbocycles. The number of carbonyl (C=O) groups excluding carboxylic acids is 4. The van der Waals surface area contributed by atoms with Crippen LogP contribution in [0.1, 0.15) is 32.1 Å². The van der Waals surface area contributed by atoms with Crippen molar-refractivity contribution < 1.29 is 28.7 Å². The first kappa shape index (κ1) is 16.2. The van der Waals surface area contributed by atoms with Crippen LogP contribution in [0.5, 0.6) is 0 Å². The summed E-state index contributed by atoms with van der Waals surface area (Å²) < 4.78 is 9.16. The number of nitrogens with zero attached hydrogens (tertiary/aromatic N) is 1. The fraction of sp³-hybridized carbons (Fsp3) is 0.692. The number of esters is 1. The van der Waals surface area contributed by atoms with Crippen molar-refractivity contribution in [2.24, 2.45) is 0 Å². The SMILES string of the molecule is COCC(=O)OCC(=O)NN1C(=O)NC2(CCCCC2)C1=O. The summed E-state index contributed by atoms with van der Waals surface area (Å²) in [6, 6.07) is -0.663. The number of hydrogen-bond donors (Lipinski definition) is 2. The molecule has 2 fully saturated rings. The molecule has 1 saturated heterocycles. The first-order chi connectivity index (χ1) is 10.5. The third-order valence-electron chi connectivity index (χ3n) is 3.73. The number of ether oxygens (including phenoxy) is 2. The summed E-state index contributed by atoms with van der Waals surface area (Å²) >= 11 is 0. The molecule has 9 heteroatoms. The predicted molar refractivity (Wildman–Crippen MR) is 72.2 cm³/mol. The molecule has 1 spiro atoms. The number of amides is 4. The van der Waals surface area contributed by atoms with Gasteiger partial charge in [-0.3, -0.25) is 15.0 Å². The summed E-state index contributed by atoms with van der Waals surface area (Å²) in [5, 5.41) is 3.32. The predicted octanol–water partition coefficient (Wildman–Crippen LogP) is -0.538. The minimum Gasteiger partial charge on any atom is -0.454 e. The van der Waals surface area contributed by atoms with Crippen molar-refractivity contribution in [3.63, 3.8) is 0 Å². The van der Waals surface area contributed by atoms with Gasteiger partial charge in [0.05, 0.1) is 0 Å². The number of methoxy groups -OCH3 is 1. The number of hydrazine groups is 1. The van der Waals surface area contributed by atoms with Crippen molar-refractivity contribution in [2.45, 2.75) is 37.6 Å². The van der Waals surface area contributed by atoms with Crippen molar-refractivity contribution >= 4 is 23.8 Å². The molecule has 22 heavy (non-hydrogen) atoms.